The third-order valence-corrected chi connectivity index (χ3v) is 6.33. The summed E-state index contributed by atoms with van der Waals surface area (Å²) in [7, 11) is 1.53. The molecule has 0 bridgehead atoms. The van der Waals surface area contributed by atoms with Crippen molar-refractivity contribution in [3.63, 3.8) is 0 Å². The van der Waals surface area contributed by atoms with Crippen molar-refractivity contribution < 1.29 is 9.53 Å². The van der Waals surface area contributed by atoms with E-state index in [1.807, 2.05) is 23.1 Å². The fourth-order valence-electron chi connectivity index (χ4n) is 4.27. The Morgan fingerprint density at radius 1 is 1.00 bits per heavy atom. The van der Waals surface area contributed by atoms with Gasteiger partial charge in [0.25, 0.3) is 5.91 Å². The molecule has 0 saturated carbocycles. The van der Waals surface area contributed by atoms with Gasteiger partial charge in [-0.15, -0.1) is 0 Å². The van der Waals surface area contributed by atoms with Crippen LogP contribution in [-0.2, 0) is 4.79 Å². The van der Waals surface area contributed by atoms with Crippen LogP contribution in [0.5, 0.6) is 5.75 Å². The summed E-state index contributed by atoms with van der Waals surface area (Å²) in [6.45, 7) is 3.03. The number of hydrogen-bond acceptors (Lipinski definition) is 5. The molecule has 1 heterocycles. The zero-order valence-electron chi connectivity index (χ0n) is 19.5. The van der Waals surface area contributed by atoms with E-state index in [1.165, 1.54) is 18.2 Å². The van der Waals surface area contributed by atoms with E-state index in [0.717, 1.165) is 13.1 Å². The van der Waals surface area contributed by atoms with Gasteiger partial charge in [-0.1, -0.05) is 72.3 Å². The van der Waals surface area contributed by atoms with Gasteiger partial charge in [-0.2, -0.15) is 5.26 Å². The van der Waals surface area contributed by atoms with E-state index in [0.29, 0.717) is 29.5 Å². The molecule has 0 radical (unpaired) electrons. The van der Waals surface area contributed by atoms with Crippen LogP contribution in [0, 0.1) is 11.3 Å². The molecule has 4 rings (SSSR count). The minimum absolute atomic E-state index is 0.0491. The number of halogens is 1. The molecule has 0 aromatic heterocycles. The summed E-state index contributed by atoms with van der Waals surface area (Å²) >= 11 is 6.14. The maximum absolute atomic E-state index is 12.7. The van der Waals surface area contributed by atoms with Gasteiger partial charge in [0.15, 0.2) is 0 Å². The molecule has 35 heavy (non-hydrogen) atoms. The first kappa shape index (κ1) is 24.3. The number of nitrogens with zero attached hydrogens (tertiary/aromatic N) is 3. The van der Waals surface area contributed by atoms with Crippen molar-refractivity contribution in [3.8, 4) is 11.8 Å². The molecule has 1 aliphatic rings. The summed E-state index contributed by atoms with van der Waals surface area (Å²) in [5, 5.41) is 12.7. The van der Waals surface area contributed by atoms with Crippen molar-refractivity contribution in [1.82, 2.24) is 9.80 Å². The molecule has 178 valence electrons. The number of amides is 1. The summed E-state index contributed by atoms with van der Waals surface area (Å²) < 4.78 is 5.14. The van der Waals surface area contributed by atoms with Crippen LogP contribution in [0.4, 0.5) is 5.69 Å². The minimum atomic E-state index is -0.470. The Hall–Kier alpha value is -3.79. The number of carbonyl (C=O) groups is 1. The first-order valence-corrected chi connectivity index (χ1v) is 11.8. The molecule has 1 fully saturated rings. The van der Waals surface area contributed by atoms with E-state index in [1.54, 1.807) is 24.4 Å². The lowest BCUT2D eigenvalue weighted by Crippen LogP contribution is -2.46. The number of rotatable bonds is 7. The zero-order valence-corrected chi connectivity index (χ0v) is 20.3. The number of carbonyl (C=O) groups excluding carboxylic acids is 1. The minimum Gasteiger partial charge on any atom is -0.495 e. The Labute approximate surface area is 211 Å². The van der Waals surface area contributed by atoms with Crippen LogP contribution in [0.2, 0.25) is 5.02 Å². The lowest BCUT2D eigenvalue weighted by atomic mass is 9.96. The molecule has 1 amide bonds. The highest BCUT2D eigenvalue weighted by atomic mass is 35.5. The maximum atomic E-state index is 12.7. The van der Waals surface area contributed by atoms with E-state index in [-0.39, 0.29) is 11.6 Å². The number of benzene rings is 3. The molecular weight excluding hydrogens is 460 g/mol. The fraction of sp³-hybridized carbons (Fsp3) is 0.214. The van der Waals surface area contributed by atoms with Gasteiger partial charge in [0.1, 0.15) is 17.4 Å². The molecule has 1 N–H and O–H groups in total. The Bertz CT molecular complexity index is 1180. The van der Waals surface area contributed by atoms with Crippen molar-refractivity contribution in [2.24, 2.45) is 0 Å². The average Bonchev–Trinajstić information content (AvgIpc) is 2.89. The number of methoxy groups -OCH3 is 1. The van der Waals surface area contributed by atoms with Crippen LogP contribution in [0.25, 0.3) is 0 Å². The highest BCUT2D eigenvalue weighted by molar-refractivity contribution is 6.32. The molecule has 6 nitrogen and oxygen atoms in total. The topological polar surface area (TPSA) is 68.6 Å². The normalized spacial score (nSPS) is 14.5. The molecule has 0 unspecified atom stereocenters. The van der Waals surface area contributed by atoms with Crippen molar-refractivity contribution >= 4 is 23.2 Å². The van der Waals surface area contributed by atoms with Crippen molar-refractivity contribution in [2.75, 3.05) is 38.6 Å². The molecule has 3 aromatic rings. The van der Waals surface area contributed by atoms with Crippen molar-refractivity contribution in [3.05, 3.63) is 107 Å². The van der Waals surface area contributed by atoms with Crippen LogP contribution in [0.1, 0.15) is 17.2 Å². The number of piperazine rings is 1. The predicted octanol–water partition coefficient (Wildman–Crippen LogP) is 5.10. The van der Waals surface area contributed by atoms with E-state index >= 15 is 0 Å². The molecule has 7 heteroatoms. The molecule has 1 aliphatic heterocycles. The Morgan fingerprint density at radius 2 is 1.60 bits per heavy atom. The predicted molar refractivity (Wildman–Crippen MR) is 138 cm³/mol. The van der Waals surface area contributed by atoms with Gasteiger partial charge in [0.2, 0.25) is 0 Å². The monoisotopic (exact) mass is 486 g/mol. The Balaban J connectivity index is 1.44. The second kappa shape index (κ2) is 11.6. The first-order valence-electron chi connectivity index (χ1n) is 11.4. The summed E-state index contributed by atoms with van der Waals surface area (Å²) in [4.78, 5) is 17.2. The summed E-state index contributed by atoms with van der Waals surface area (Å²) in [5.74, 6) is 0.0468. The number of anilines is 1. The number of nitrogens with one attached hydrogen (secondary N) is 1. The molecule has 1 saturated heterocycles. The average molecular weight is 487 g/mol. The van der Waals surface area contributed by atoms with Gasteiger partial charge in [-0.3, -0.25) is 9.69 Å². The standard InChI is InChI=1S/C28H27ClN4O2/c1-35-26-13-12-24(18-25(26)29)31-28(34)23(19-30)20-32-14-16-33(17-15-32)27(21-8-4-2-5-9-21)22-10-6-3-7-11-22/h2-13,18,20,27H,14-17H2,1H3,(H,31,34)/b23-20-. The number of ether oxygens (including phenoxy) is 1. The smallest absolute Gasteiger partial charge is 0.267 e. The summed E-state index contributed by atoms with van der Waals surface area (Å²) in [5.41, 5.74) is 3.05. The summed E-state index contributed by atoms with van der Waals surface area (Å²) in [6.07, 6.45) is 1.65. The maximum Gasteiger partial charge on any atom is 0.267 e. The van der Waals surface area contributed by atoms with Gasteiger partial charge in [0.05, 0.1) is 18.2 Å². The first-order chi connectivity index (χ1) is 17.1. The lowest BCUT2D eigenvalue weighted by Gasteiger charge is -2.39. The highest BCUT2D eigenvalue weighted by Gasteiger charge is 2.26. The SMILES string of the molecule is COc1ccc(NC(=O)/C(C#N)=C\N2CCN(C(c3ccccc3)c3ccccc3)CC2)cc1Cl. The van der Waals surface area contributed by atoms with Crippen LogP contribution in [-0.4, -0.2) is 49.0 Å². The second-order valence-corrected chi connectivity index (χ2v) is 8.66. The molecule has 3 aromatic carbocycles. The number of hydrogen-bond donors (Lipinski definition) is 1. The molecule has 0 spiro atoms. The molecule has 0 atom stereocenters. The number of nitriles is 1. The quantitative estimate of drug-likeness (QED) is 0.371. The van der Waals surface area contributed by atoms with E-state index in [2.05, 4.69) is 58.7 Å². The lowest BCUT2D eigenvalue weighted by molar-refractivity contribution is -0.112. The van der Waals surface area contributed by atoms with E-state index in [4.69, 9.17) is 16.3 Å². The zero-order chi connectivity index (χ0) is 24.6. The van der Waals surface area contributed by atoms with Crippen LogP contribution < -0.4 is 10.1 Å². The van der Waals surface area contributed by atoms with E-state index < -0.39 is 5.91 Å². The molecular formula is C28H27ClN4O2. The van der Waals surface area contributed by atoms with Gasteiger partial charge in [0, 0.05) is 38.1 Å². The largest absolute Gasteiger partial charge is 0.495 e. The Morgan fingerprint density at radius 3 is 2.11 bits per heavy atom. The molecule has 0 aliphatic carbocycles. The van der Waals surface area contributed by atoms with Gasteiger partial charge in [-0.25, -0.2) is 0 Å². The van der Waals surface area contributed by atoms with E-state index in [9.17, 15) is 10.1 Å². The van der Waals surface area contributed by atoms with Gasteiger partial charge < -0.3 is 15.0 Å². The second-order valence-electron chi connectivity index (χ2n) is 8.25. The highest BCUT2D eigenvalue weighted by Crippen LogP contribution is 2.30. The van der Waals surface area contributed by atoms with Crippen molar-refractivity contribution in [2.45, 2.75) is 6.04 Å². The van der Waals surface area contributed by atoms with Crippen LogP contribution in [0.15, 0.2) is 90.6 Å². The van der Waals surface area contributed by atoms with Gasteiger partial charge >= 0.3 is 0 Å². The fourth-order valence-corrected chi connectivity index (χ4v) is 4.53. The summed E-state index contributed by atoms with van der Waals surface area (Å²) in [6, 6.07) is 28.1. The van der Waals surface area contributed by atoms with Gasteiger partial charge in [-0.05, 0) is 29.3 Å². The third-order valence-electron chi connectivity index (χ3n) is 6.03. The van der Waals surface area contributed by atoms with Crippen LogP contribution in [0.3, 0.4) is 0 Å². The van der Waals surface area contributed by atoms with Crippen molar-refractivity contribution in [1.29, 1.82) is 5.26 Å². The third kappa shape index (κ3) is 6.02. The van der Waals surface area contributed by atoms with Crippen LogP contribution >= 0.6 is 11.6 Å². The Kier molecular flexibility index (Phi) is 8.04.